The number of carbonyl (C=O) groups excluding carboxylic acids is 4. The number of hydrogen-bond acceptors (Lipinski definition) is 7. The number of sulfone groups is 1. The maximum absolute atomic E-state index is 13.1. The lowest BCUT2D eigenvalue weighted by molar-refractivity contribution is -0.164. The van der Waals surface area contributed by atoms with E-state index < -0.39 is 55.7 Å². The van der Waals surface area contributed by atoms with Gasteiger partial charge in [0.15, 0.2) is 21.3 Å². The maximum Gasteiger partial charge on any atom is 0.330 e. The van der Waals surface area contributed by atoms with Crippen molar-refractivity contribution in [3.8, 4) is 0 Å². The summed E-state index contributed by atoms with van der Waals surface area (Å²) in [6.45, 7) is 2.66. The summed E-state index contributed by atoms with van der Waals surface area (Å²) in [7, 11) is -2.96. The van der Waals surface area contributed by atoms with E-state index in [9.17, 15) is 27.6 Å². The molecule has 1 aromatic rings. The molecule has 2 saturated heterocycles. The summed E-state index contributed by atoms with van der Waals surface area (Å²) in [6.07, 6.45) is 0. The molecule has 2 fully saturated rings. The topological polar surface area (TPSA) is 118 Å². The van der Waals surface area contributed by atoms with Gasteiger partial charge in [0, 0.05) is 0 Å². The Kier molecular flexibility index (Phi) is 3.37. The molecule has 3 amide bonds. The summed E-state index contributed by atoms with van der Waals surface area (Å²) in [5, 5.41) is -1.47. The van der Waals surface area contributed by atoms with Gasteiger partial charge >= 0.3 is 5.97 Å². The number of carbonyl (C=O) groups is 4. The van der Waals surface area contributed by atoms with Crippen LogP contribution in [0.3, 0.4) is 0 Å². The second-order valence-electron chi connectivity index (χ2n) is 7.18. The number of β-lactam (4-membered cyclic amide) rings is 1. The lowest BCUT2D eigenvalue weighted by atomic mass is 9.95. The highest BCUT2D eigenvalue weighted by Gasteiger charge is 2.74. The highest BCUT2D eigenvalue weighted by Crippen LogP contribution is 2.48. The zero-order chi connectivity index (χ0) is 19.9. The van der Waals surface area contributed by atoms with Gasteiger partial charge in [0.05, 0.1) is 18.2 Å². The highest BCUT2D eigenvalue weighted by atomic mass is 32.2. The number of hydrogen-bond donors (Lipinski definition) is 0. The fourth-order valence-electron chi connectivity index (χ4n) is 4.07. The first-order chi connectivity index (χ1) is 12.6. The Morgan fingerprint density at radius 3 is 2.07 bits per heavy atom. The fourth-order valence-corrected chi connectivity index (χ4v) is 6.32. The minimum atomic E-state index is -4.07. The molecule has 27 heavy (non-hydrogen) atoms. The van der Waals surface area contributed by atoms with E-state index in [1.54, 1.807) is 12.1 Å². The molecular weight excluding hydrogens is 376 g/mol. The number of ether oxygens (including phenoxy) is 1. The Labute approximate surface area is 154 Å². The molecule has 0 N–H and O–H groups in total. The average molecular weight is 392 g/mol. The van der Waals surface area contributed by atoms with Crippen LogP contribution in [-0.2, 0) is 24.2 Å². The van der Waals surface area contributed by atoms with Crippen LogP contribution in [0.2, 0.25) is 0 Å². The summed E-state index contributed by atoms with van der Waals surface area (Å²) in [6, 6.07) is 3.21. The lowest BCUT2D eigenvalue weighted by Crippen LogP contribution is -2.72. The van der Waals surface area contributed by atoms with Crippen LogP contribution in [0.5, 0.6) is 0 Å². The molecule has 0 radical (unpaired) electrons. The normalized spacial score (nSPS) is 30.0. The number of methoxy groups -OCH3 is 1. The van der Waals surface area contributed by atoms with E-state index in [0.29, 0.717) is 4.90 Å². The van der Waals surface area contributed by atoms with Gasteiger partial charge in [0.25, 0.3) is 17.7 Å². The first kappa shape index (κ1) is 17.7. The molecule has 0 aliphatic carbocycles. The zero-order valence-corrected chi connectivity index (χ0v) is 15.5. The molecule has 0 aromatic heterocycles. The number of fused-ring (bicyclic) bond motifs is 2. The van der Waals surface area contributed by atoms with Crippen LogP contribution in [-0.4, -0.2) is 71.2 Å². The molecule has 3 heterocycles. The van der Waals surface area contributed by atoms with Crippen molar-refractivity contribution < 1.29 is 32.3 Å². The van der Waals surface area contributed by atoms with Crippen LogP contribution < -0.4 is 0 Å². The van der Waals surface area contributed by atoms with E-state index >= 15 is 0 Å². The van der Waals surface area contributed by atoms with Crippen molar-refractivity contribution in [2.75, 3.05) is 7.11 Å². The van der Waals surface area contributed by atoms with Crippen molar-refractivity contribution in [2.24, 2.45) is 0 Å². The van der Waals surface area contributed by atoms with Crippen LogP contribution in [0.1, 0.15) is 34.6 Å². The molecule has 1 aromatic carbocycles. The third-order valence-electron chi connectivity index (χ3n) is 5.57. The van der Waals surface area contributed by atoms with Crippen LogP contribution in [0.15, 0.2) is 24.3 Å². The van der Waals surface area contributed by atoms with E-state index in [-0.39, 0.29) is 11.1 Å². The number of rotatable bonds is 2. The number of imide groups is 1. The summed E-state index contributed by atoms with van der Waals surface area (Å²) in [4.78, 5) is 51.9. The van der Waals surface area contributed by atoms with E-state index in [0.717, 1.165) is 12.0 Å². The fraction of sp³-hybridized carbons (Fsp3) is 0.412. The van der Waals surface area contributed by atoms with Gasteiger partial charge in [-0.1, -0.05) is 12.1 Å². The van der Waals surface area contributed by atoms with Crippen molar-refractivity contribution in [2.45, 2.75) is 36.1 Å². The van der Waals surface area contributed by atoms with Crippen molar-refractivity contribution in [1.82, 2.24) is 9.80 Å². The van der Waals surface area contributed by atoms with Gasteiger partial charge in [-0.05, 0) is 26.0 Å². The van der Waals surface area contributed by atoms with Gasteiger partial charge in [-0.15, -0.1) is 0 Å². The molecule has 9 nitrogen and oxygen atoms in total. The van der Waals surface area contributed by atoms with E-state index in [1.165, 1.54) is 26.0 Å². The van der Waals surface area contributed by atoms with E-state index in [2.05, 4.69) is 4.74 Å². The summed E-state index contributed by atoms with van der Waals surface area (Å²) < 4.78 is 29.2. The van der Waals surface area contributed by atoms with Crippen molar-refractivity contribution >= 4 is 33.5 Å². The van der Waals surface area contributed by atoms with Crippen molar-refractivity contribution in [3.05, 3.63) is 35.4 Å². The molecule has 10 heteroatoms. The predicted molar refractivity (Wildman–Crippen MR) is 90.2 cm³/mol. The standard InChI is InChI=1S/C17H16N2O7S/c1-17(2)11(16(23)26-3)19-14(22)10(15(19)27(17,24)25)18-12(20)8-6-4-5-7-9(8)13(18)21/h4-7,10-11,15H,1-3H3/t10-,11+,15-/m1/s1. The summed E-state index contributed by atoms with van der Waals surface area (Å²) in [5.41, 5.74) is 0.237. The summed E-state index contributed by atoms with van der Waals surface area (Å²) >= 11 is 0. The maximum atomic E-state index is 13.1. The first-order valence-corrected chi connectivity index (χ1v) is 9.72. The molecule has 0 spiro atoms. The lowest BCUT2D eigenvalue weighted by Gasteiger charge is -2.45. The Bertz CT molecular complexity index is 994. The van der Waals surface area contributed by atoms with Crippen molar-refractivity contribution in [1.29, 1.82) is 0 Å². The van der Waals surface area contributed by atoms with Gasteiger partial charge < -0.3 is 9.64 Å². The van der Waals surface area contributed by atoms with Crippen LogP contribution >= 0.6 is 0 Å². The first-order valence-electron chi connectivity index (χ1n) is 8.17. The molecule has 0 bridgehead atoms. The van der Waals surface area contributed by atoms with E-state index in [4.69, 9.17) is 0 Å². The molecule has 4 rings (SSSR count). The number of nitrogens with zero attached hydrogens (tertiary/aromatic N) is 2. The number of amides is 3. The van der Waals surface area contributed by atoms with E-state index in [1.807, 2.05) is 0 Å². The number of esters is 1. The molecular formula is C17H16N2O7S. The molecule has 3 aliphatic heterocycles. The second-order valence-corrected chi connectivity index (χ2v) is 9.81. The van der Waals surface area contributed by atoms with Gasteiger partial charge in [0.2, 0.25) is 0 Å². The Morgan fingerprint density at radius 1 is 1.07 bits per heavy atom. The van der Waals surface area contributed by atoms with Gasteiger partial charge in [0.1, 0.15) is 10.8 Å². The van der Waals surface area contributed by atoms with Crippen LogP contribution in [0.25, 0.3) is 0 Å². The van der Waals surface area contributed by atoms with Gasteiger partial charge in [-0.2, -0.15) is 0 Å². The third kappa shape index (κ3) is 1.85. The minimum Gasteiger partial charge on any atom is -0.467 e. The third-order valence-corrected chi connectivity index (χ3v) is 8.38. The highest BCUT2D eigenvalue weighted by molar-refractivity contribution is 7.94. The Morgan fingerprint density at radius 2 is 1.59 bits per heavy atom. The molecule has 142 valence electrons. The smallest absolute Gasteiger partial charge is 0.330 e. The molecule has 3 atom stereocenters. The minimum absolute atomic E-state index is 0.118. The SMILES string of the molecule is COC(=O)[C@@H]1N2C(=O)[C@@H](N3C(=O)c4ccccc4C3=O)[C@H]2S(=O)(=O)C1(C)C. The van der Waals surface area contributed by atoms with Gasteiger partial charge in [-0.25, -0.2) is 13.2 Å². The predicted octanol–water partition coefficient (Wildman–Crippen LogP) is -0.432. The van der Waals surface area contributed by atoms with Crippen molar-refractivity contribution in [3.63, 3.8) is 0 Å². The molecule has 0 unspecified atom stereocenters. The Hall–Kier alpha value is -2.75. The summed E-state index contributed by atoms with van der Waals surface area (Å²) in [5.74, 6) is -3.06. The zero-order valence-electron chi connectivity index (χ0n) is 14.7. The average Bonchev–Trinajstić information content (AvgIpc) is 2.95. The largest absolute Gasteiger partial charge is 0.467 e. The van der Waals surface area contributed by atoms with Gasteiger partial charge in [-0.3, -0.25) is 19.3 Å². The Balaban J connectivity index is 1.79. The number of benzene rings is 1. The second kappa shape index (κ2) is 5.16. The monoisotopic (exact) mass is 392 g/mol. The molecule has 3 aliphatic rings. The molecule has 0 saturated carbocycles. The van der Waals surface area contributed by atoms with Crippen LogP contribution in [0.4, 0.5) is 0 Å². The van der Waals surface area contributed by atoms with Crippen LogP contribution in [0, 0.1) is 0 Å². The quantitative estimate of drug-likeness (QED) is 0.381.